The van der Waals surface area contributed by atoms with Crippen molar-refractivity contribution in [1.29, 1.82) is 0 Å². The standard InChI is InChI=1S/C9H13NO2/c1-3-5-6-8(4-2)12-7-9(10)11/h3-6H,2,7H2,1H3,(H2,10,11)/b5-3-,8-6+. The summed E-state index contributed by atoms with van der Waals surface area (Å²) in [6.07, 6.45) is 6.86. The quantitative estimate of drug-likeness (QED) is 0.493. The fraction of sp³-hybridized carbons (Fsp3) is 0.222. The largest absolute Gasteiger partial charge is 0.484 e. The predicted octanol–water partition coefficient (Wildman–Crippen LogP) is 1.13. The molecule has 2 N–H and O–H groups in total. The van der Waals surface area contributed by atoms with Crippen LogP contribution in [0.15, 0.2) is 36.6 Å². The minimum absolute atomic E-state index is 0.116. The zero-order chi connectivity index (χ0) is 9.40. The number of allylic oxidation sites excluding steroid dienone is 4. The van der Waals surface area contributed by atoms with E-state index in [-0.39, 0.29) is 6.61 Å². The van der Waals surface area contributed by atoms with E-state index in [4.69, 9.17) is 10.5 Å². The predicted molar refractivity (Wildman–Crippen MR) is 48.2 cm³/mol. The molecule has 0 saturated carbocycles. The first-order valence-corrected chi connectivity index (χ1v) is 3.57. The van der Waals surface area contributed by atoms with E-state index in [1.54, 1.807) is 12.2 Å². The number of nitrogens with two attached hydrogens (primary N) is 1. The molecule has 3 nitrogen and oxygen atoms in total. The van der Waals surface area contributed by atoms with Crippen LogP contribution < -0.4 is 5.73 Å². The summed E-state index contributed by atoms with van der Waals surface area (Å²) in [4.78, 5) is 10.3. The molecule has 0 aliphatic carbocycles. The number of carbonyl (C=O) groups excluding carboxylic acids is 1. The van der Waals surface area contributed by atoms with E-state index in [1.165, 1.54) is 6.08 Å². The lowest BCUT2D eigenvalue weighted by molar-refractivity contribution is -0.121. The highest BCUT2D eigenvalue weighted by molar-refractivity contribution is 5.75. The van der Waals surface area contributed by atoms with Gasteiger partial charge in [-0.2, -0.15) is 0 Å². The molecule has 12 heavy (non-hydrogen) atoms. The van der Waals surface area contributed by atoms with Crippen LogP contribution in [-0.4, -0.2) is 12.5 Å². The van der Waals surface area contributed by atoms with Gasteiger partial charge in [0.05, 0.1) is 0 Å². The highest BCUT2D eigenvalue weighted by Gasteiger charge is 1.94. The average Bonchev–Trinajstić information content (AvgIpc) is 2.05. The molecule has 0 radical (unpaired) electrons. The van der Waals surface area contributed by atoms with Crippen molar-refractivity contribution in [2.45, 2.75) is 6.92 Å². The summed E-state index contributed by atoms with van der Waals surface area (Å²) in [6.45, 7) is 5.28. The van der Waals surface area contributed by atoms with E-state index < -0.39 is 5.91 Å². The summed E-state index contributed by atoms with van der Waals surface area (Å²) in [7, 11) is 0. The van der Waals surface area contributed by atoms with Crippen LogP contribution >= 0.6 is 0 Å². The van der Waals surface area contributed by atoms with E-state index in [1.807, 2.05) is 13.0 Å². The maximum atomic E-state index is 10.3. The van der Waals surface area contributed by atoms with Crippen molar-refractivity contribution in [3.8, 4) is 0 Å². The van der Waals surface area contributed by atoms with Gasteiger partial charge in [0, 0.05) is 0 Å². The molecule has 0 bridgehead atoms. The van der Waals surface area contributed by atoms with Gasteiger partial charge in [-0.05, 0) is 19.1 Å². The first kappa shape index (κ1) is 10.5. The molecule has 0 saturated heterocycles. The van der Waals surface area contributed by atoms with Crippen molar-refractivity contribution in [1.82, 2.24) is 0 Å². The van der Waals surface area contributed by atoms with E-state index >= 15 is 0 Å². The van der Waals surface area contributed by atoms with Gasteiger partial charge in [0.25, 0.3) is 5.91 Å². The molecule has 3 heteroatoms. The lowest BCUT2D eigenvalue weighted by Gasteiger charge is -2.01. The van der Waals surface area contributed by atoms with Crippen molar-refractivity contribution in [3.63, 3.8) is 0 Å². The Labute approximate surface area is 72.2 Å². The van der Waals surface area contributed by atoms with E-state index in [9.17, 15) is 4.79 Å². The molecule has 0 heterocycles. The molecular weight excluding hydrogens is 154 g/mol. The Morgan fingerprint density at radius 3 is 2.75 bits per heavy atom. The summed E-state index contributed by atoms with van der Waals surface area (Å²) in [6, 6.07) is 0. The number of primary amides is 1. The third-order valence-corrected chi connectivity index (χ3v) is 1.04. The van der Waals surface area contributed by atoms with Gasteiger partial charge in [0.2, 0.25) is 0 Å². The Kier molecular flexibility index (Phi) is 5.43. The second-order valence-electron chi connectivity index (χ2n) is 2.05. The van der Waals surface area contributed by atoms with Gasteiger partial charge in [-0.25, -0.2) is 0 Å². The van der Waals surface area contributed by atoms with Gasteiger partial charge in [-0.1, -0.05) is 18.7 Å². The zero-order valence-corrected chi connectivity index (χ0v) is 7.12. The Hall–Kier alpha value is -1.51. The number of hydrogen-bond acceptors (Lipinski definition) is 2. The number of carbonyl (C=O) groups is 1. The maximum Gasteiger partial charge on any atom is 0.255 e. The molecular formula is C9H13NO2. The molecule has 0 fully saturated rings. The van der Waals surface area contributed by atoms with Gasteiger partial charge in [-0.3, -0.25) is 4.79 Å². The summed E-state index contributed by atoms with van der Waals surface area (Å²) in [5.74, 6) is 0.0372. The van der Waals surface area contributed by atoms with E-state index in [0.717, 1.165) is 0 Å². The second kappa shape index (κ2) is 6.22. The van der Waals surface area contributed by atoms with Crippen LogP contribution in [0.2, 0.25) is 0 Å². The van der Waals surface area contributed by atoms with E-state index in [2.05, 4.69) is 6.58 Å². The first-order valence-electron chi connectivity index (χ1n) is 3.57. The van der Waals surface area contributed by atoms with Crippen molar-refractivity contribution >= 4 is 5.91 Å². The van der Waals surface area contributed by atoms with Gasteiger partial charge < -0.3 is 10.5 Å². The normalized spacial score (nSPS) is 11.6. The summed E-state index contributed by atoms with van der Waals surface area (Å²) >= 11 is 0. The van der Waals surface area contributed by atoms with Crippen LogP contribution in [0.25, 0.3) is 0 Å². The average molecular weight is 167 g/mol. The summed E-state index contributed by atoms with van der Waals surface area (Å²) in [5, 5.41) is 0. The molecule has 0 aromatic carbocycles. The monoisotopic (exact) mass is 167 g/mol. The lowest BCUT2D eigenvalue weighted by Crippen LogP contribution is -2.17. The van der Waals surface area contributed by atoms with E-state index in [0.29, 0.717) is 5.76 Å². The van der Waals surface area contributed by atoms with Crippen molar-refractivity contribution in [2.75, 3.05) is 6.61 Å². The molecule has 1 amide bonds. The summed E-state index contributed by atoms with van der Waals surface area (Å²) in [5.41, 5.74) is 4.88. The van der Waals surface area contributed by atoms with Crippen LogP contribution in [0.5, 0.6) is 0 Å². The van der Waals surface area contributed by atoms with Gasteiger partial charge >= 0.3 is 0 Å². The highest BCUT2D eigenvalue weighted by atomic mass is 16.5. The fourth-order valence-electron chi connectivity index (χ4n) is 0.521. The van der Waals surface area contributed by atoms with Gasteiger partial charge in [0.1, 0.15) is 5.76 Å². The Morgan fingerprint density at radius 1 is 1.67 bits per heavy atom. The third kappa shape index (κ3) is 5.29. The van der Waals surface area contributed by atoms with Crippen LogP contribution in [0.1, 0.15) is 6.92 Å². The zero-order valence-electron chi connectivity index (χ0n) is 7.12. The van der Waals surface area contributed by atoms with Crippen molar-refractivity contribution in [2.24, 2.45) is 5.73 Å². The number of rotatable bonds is 5. The third-order valence-electron chi connectivity index (χ3n) is 1.04. The van der Waals surface area contributed by atoms with Crippen molar-refractivity contribution < 1.29 is 9.53 Å². The molecule has 0 unspecified atom stereocenters. The topological polar surface area (TPSA) is 52.3 Å². The highest BCUT2D eigenvalue weighted by Crippen LogP contribution is 1.97. The molecule has 0 aromatic heterocycles. The molecule has 0 rings (SSSR count). The van der Waals surface area contributed by atoms with Gasteiger partial charge in [0.15, 0.2) is 6.61 Å². The van der Waals surface area contributed by atoms with Crippen LogP contribution in [-0.2, 0) is 9.53 Å². The Morgan fingerprint density at radius 2 is 2.33 bits per heavy atom. The smallest absolute Gasteiger partial charge is 0.255 e. The Balaban J connectivity index is 3.99. The molecule has 0 atom stereocenters. The molecule has 0 aliphatic rings. The lowest BCUT2D eigenvalue weighted by atomic mass is 10.4. The van der Waals surface area contributed by atoms with Crippen LogP contribution in [0.3, 0.4) is 0 Å². The van der Waals surface area contributed by atoms with Crippen molar-refractivity contribution in [3.05, 3.63) is 36.6 Å². The second-order valence-corrected chi connectivity index (χ2v) is 2.05. The molecule has 0 spiro atoms. The SMILES string of the molecule is C=C/C(=C\C=C/C)OCC(N)=O. The number of hydrogen-bond donors (Lipinski definition) is 1. The first-order chi connectivity index (χ1) is 5.70. The molecule has 0 aliphatic heterocycles. The Bertz CT molecular complexity index is 217. The van der Waals surface area contributed by atoms with Gasteiger partial charge in [-0.15, -0.1) is 0 Å². The van der Waals surface area contributed by atoms with Crippen LogP contribution in [0.4, 0.5) is 0 Å². The minimum Gasteiger partial charge on any atom is -0.484 e. The van der Waals surface area contributed by atoms with Crippen LogP contribution in [0, 0.1) is 0 Å². The minimum atomic E-state index is -0.497. The fourth-order valence-corrected chi connectivity index (χ4v) is 0.521. The number of ether oxygens (including phenoxy) is 1. The molecule has 66 valence electrons. The number of amides is 1. The molecule has 0 aromatic rings. The maximum absolute atomic E-state index is 10.3. The summed E-state index contributed by atoms with van der Waals surface area (Å²) < 4.78 is 4.97.